The number of ether oxygens (including phenoxy) is 2. The van der Waals surface area contributed by atoms with Crippen molar-refractivity contribution in [1.82, 2.24) is 4.98 Å². The van der Waals surface area contributed by atoms with Gasteiger partial charge in [-0.2, -0.15) is 0 Å². The highest BCUT2D eigenvalue weighted by molar-refractivity contribution is 5.99. The van der Waals surface area contributed by atoms with E-state index >= 15 is 0 Å². The standard InChI is InChI=1S/C27H29NO5/c1-18(17-22(29)24-25(30)23(32-4)15-16-28-24)26(31)33-19(2)27(3,20-11-7-5-8-12-20)21-13-9-6-10-14-21/h5-16,18-19,30H,17H2,1-4H3/t18-,19+/m1/s1. The van der Waals surface area contributed by atoms with Crippen LogP contribution in [0.15, 0.2) is 72.9 Å². The van der Waals surface area contributed by atoms with Gasteiger partial charge < -0.3 is 14.6 Å². The minimum absolute atomic E-state index is 0.125. The Morgan fingerprint density at radius 3 is 2.03 bits per heavy atom. The van der Waals surface area contributed by atoms with Gasteiger partial charge in [0, 0.05) is 18.7 Å². The van der Waals surface area contributed by atoms with Gasteiger partial charge in [-0.25, -0.2) is 4.98 Å². The van der Waals surface area contributed by atoms with Crippen LogP contribution in [0.1, 0.15) is 48.8 Å². The van der Waals surface area contributed by atoms with Gasteiger partial charge in [-0.1, -0.05) is 67.6 Å². The lowest BCUT2D eigenvalue weighted by molar-refractivity contribution is -0.155. The molecule has 0 saturated heterocycles. The fourth-order valence-electron chi connectivity index (χ4n) is 3.88. The molecule has 0 aliphatic carbocycles. The van der Waals surface area contributed by atoms with Crippen LogP contribution in [-0.2, 0) is 14.9 Å². The van der Waals surface area contributed by atoms with Crippen molar-refractivity contribution in [1.29, 1.82) is 0 Å². The number of aromatic nitrogens is 1. The van der Waals surface area contributed by atoms with Gasteiger partial charge in [0.05, 0.1) is 18.4 Å². The molecule has 33 heavy (non-hydrogen) atoms. The number of rotatable bonds is 9. The molecule has 0 bridgehead atoms. The summed E-state index contributed by atoms with van der Waals surface area (Å²) in [5.74, 6) is -1.85. The van der Waals surface area contributed by atoms with Gasteiger partial charge in [-0.15, -0.1) is 0 Å². The fourth-order valence-corrected chi connectivity index (χ4v) is 3.88. The van der Waals surface area contributed by atoms with Gasteiger partial charge in [0.25, 0.3) is 0 Å². The van der Waals surface area contributed by atoms with Crippen LogP contribution in [0.2, 0.25) is 0 Å². The van der Waals surface area contributed by atoms with Crippen LogP contribution in [-0.4, -0.2) is 35.1 Å². The zero-order valence-corrected chi connectivity index (χ0v) is 19.3. The third-order valence-electron chi connectivity index (χ3n) is 6.12. The van der Waals surface area contributed by atoms with Crippen LogP contribution in [0.25, 0.3) is 0 Å². The van der Waals surface area contributed by atoms with E-state index in [-0.39, 0.29) is 23.6 Å². The SMILES string of the molecule is COc1ccnc(C(=O)C[C@@H](C)C(=O)O[C@@H](C)C(C)(c2ccccc2)c2ccccc2)c1O. The second-order valence-corrected chi connectivity index (χ2v) is 8.25. The van der Waals surface area contributed by atoms with Gasteiger partial charge in [0.1, 0.15) is 6.10 Å². The number of hydrogen-bond acceptors (Lipinski definition) is 6. The maximum Gasteiger partial charge on any atom is 0.309 e. The average Bonchev–Trinajstić information content (AvgIpc) is 2.84. The van der Waals surface area contributed by atoms with E-state index in [0.717, 1.165) is 11.1 Å². The zero-order chi connectivity index (χ0) is 24.0. The molecule has 6 heteroatoms. The molecule has 1 N–H and O–H groups in total. The van der Waals surface area contributed by atoms with Crippen molar-refractivity contribution in [3.8, 4) is 11.5 Å². The second-order valence-electron chi connectivity index (χ2n) is 8.25. The molecule has 2 atom stereocenters. The van der Waals surface area contributed by atoms with Crippen molar-refractivity contribution in [3.05, 3.63) is 89.7 Å². The number of hydrogen-bond donors (Lipinski definition) is 1. The summed E-state index contributed by atoms with van der Waals surface area (Å²) >= 11 is 0. The molecule has 2 aromatic carbocycles. The van der Waals surface area contributed by atoms with E-state index < -0.39 is 29.2 Å². The molecule has 3 aromatic rings. The first kappa shape index (κ1) is 24.0. The summed E-state index contributed by atoms with van der Waals surface area (Å²) in [4.78, 5) is 29.6. The summed E-state index contributed by atoms with van der Waals surface area (Å²) in [6, 6.07) is 21.2. The lowest BCUT2D eigenvalue weighted by Crippen LogP contribution is -2.40. The Kier molecular flexibility index (Phi) is 7.48. The number of pyridine rings is 1. The van der Waals surface area contributed by atoms with Gasteiger partial charge >= 0.3 is 5.97 Å². The number of aromatic hydroxyl groups is 1. The molecule has 0 aliphatic heterocycles. The molecule has 1 heterocycles. The van der Waals surface area contributed by atoms with Crippen molar-refractivity contribution >= 4 is 11.8 Å². The Bertz CT molecular complexity index is 1060. The molecule has 0 saturated carbocycles. The van der Waals surface area contributed by atoms with E-state index in [0.29, 0.717) is 0 Å². The van der Waals surface area contributed by atoms with Gasteiger partial charge in [0.15, 0.2) is 23.0 Å². The topological polar surface area (TPSA) is 85.7 Å². The molecular weight excluding hydrogens is 418 g/mol. The first-order chi connectivity index (χ1) is 15.8. The number of carbonyl (C=O) groups excluding carboxylic acids is 2. The van der Waals surface area contributed by atoms with Crippen molar-refractivity contribution < 1.29 is 24.2 Å². The molecule has 0 spiro atoms. The molecule has 1 aromatic heterocycles. The average molecular weight is 448 g/mol. The molecule has 3 rings (SSSR count). The number of Topliss-reactive ketones (excluding diaryl/α,β-unsaturated/α-hetero) is 1. The second kappa shape index (κ2) is 10.3. The molecule has 6 nitrogen and oxygen atoms in total. The van der Waals surface area contributed by atoms with Crippen molar-refractivity contribution in [2.75, 3.05) is 7.11 Å². The largest absolute Gasteiger partial charge is 0.503 e. The Balaban J connectivity index is 1.78. The predicted octanol–water partition coefficient (Wildman–Crippen LogP) is 4.94. The van der Waals surface area contributed by atoms with E-state index in [1.165, 1.54) is 19.4 Å². The summed E-state index contributed by atoms with van der Waals surface area (Å²) in [6.45, 7) is 5.54. The Labute approximate surface area is 194 Å². The van der Waals surface area contributed by atoms with Gasteiger partial charge in [-0.05, 0) is 25.0 Å². The van der Waals surface area contributed by atoms with Crippen molar-refractivity contribution in [2.45, 2.75) is 38.7 Å². The molecule has 0 fully saturated rings. The van der Waals surface area contributed by atoms with Crippen LogP contribution in [0.5, 0.6) is 11.5 Å². The third kappa shape index (κ3) is 5.06. The molecule has 0 unspecified atom stereocenters. The number of esters is 1. The minimum Gasteiger partial charge on any atom is -0.503 e. The Hall–Kier alpha value is -3.67. The number of benzene rings is 2. The monoisotopic (exact) mass is 447 g/mol. The van der Waals surface area contributed by atoms with Crippen LogP contribution in [0.4, 0.5) is 0 Å². The highest BCUT2D eigenvalue weighted by Gasteiger charge is 2.38. The van der Waals surface area contributed by atoms with E-state index in [2.05, 4.69) is 4.98 Å². The maximum absolute atomic E-state index is 13.0. The summed E-state index contributed by atoms with van der Waals surface area (Å²) in [7, 11) is 1.39. The molecule has 0 radical (unpaired) electrons. The van der Waals surface area contributed by atoms with E-state index in [1.807, 2.05) is 74.5 Å². The Morgan fingerprint density at radius 1 is 0.970 bits per heavy atom. The minimum atomic E-state index is -0.719. The maximum atomic E-state index is 13.0. The van der Waals surface area contributed by atoms with Crippen molar-refractivity contribution in [3.63, 3.8) is 0 Å². The van der Waals surface area contributed by atoms with E-state index in [9.17, 15) is 14.7 Å². The first-order valence-electron chi connectivity index (χ1n) is 10.9. The highest BCUT2D eigenvalue weighted by atomic mass is 16.5. The summed E-state index contributed by atoms with van der Waals surface area (Å²) in [6.07, 6.45) is 0.727. The number of methoxy groups -OCH3 is 1. The first-order valence-corrected chi connectivity index (χ1v) is 10.9. The quantitative estimate of drug-likeness (QED) is 0.369. The zero-order valence-electron chi connectivity index (χ0n) is 19.3. The summed E-state index contributed by atoms with van der Waals surface area (Å²) < 4.78 is 10.9. The van der Waals surface area contributed by atoms with E-state index in [4.69, 9.17) is 9.47 Å². The molecule has 0 amide bonds. The van der Waals surface area contributed by atoms with E-state index in [1.54, 1.807) is 6.92 Å². The molecule has 172 valence electrons. The summed E-state index contributed by atoms with van der Waals surface area (Å²) in [5, 5.41) is 10.2. The van der Waals surface area contributed by atoms with Crippen LogP contribution < -0.4 is 4.74 Å². The van der Waals surface area contributed by atoms with Crippen molar-refractivity contribution in [2.24, 2.45) is 5.92 Å². The number of carbonyl (C=O) groups is 2. The predicted molar refractivity (Wildman–Crippen MR) is 125 cm³/mol. The van der Waals surface area contributed by atoms with Crippen LogP contribution in [0, 0.1) is 5.92 Å². The lowest BCUT2D eigenvalue weighted by atomic mass is 9.72. The summed E-state index contributed by atoms with van der Waals surface area (Å²) in [5.41, 5.74) is 1.33. The number of ketones is 1. The molecule has 0 aliphatic rings. The van der Waals surface area contributed by atoms with Crippen LogP contribution >= 0.6 is 0 Å². The smallest absolute Gasteiger partial charge is 0.309 e. The van der Waals surface area contributed by atoms with Crippen LogP contribution in [0.3, 0.4) is 0 Å². The normalized spacial score (nSPS) is 13.1. The number of nitrogens with zero attached hydrogens (tertiary/aromatic N) is 1. The molecular formula is C27H29NO5. The Morgan fingerprint density at radius 2 is 1.52 bits per heavy atom. The fraction of sp³-hybridized carbons (Fsp3) is 0.296. The lowest BCUT2D eigenvalue weighted by Gasteiger charge is -2.36. The van der Waals surface area contributed by atoms with Gasteiger partial charge in [0.2, 0.25) is 0 Å². The highest BCUT2D eigenvalue weighted by Crippen LogP contribution is 2.37. The third-order valence-corrected chi connectivity index (χ3v) is 6.12. The van der Waals surface area contributed by atoms with Gasteiger partial charge in [-0.3, -0.25) is 9.59 Å².